The van der Waals surface area contributed by atoms with Crippen molar-refractivity contribution in [1.82, 2.24) is 0 Å². The highest BCUT2D eigenvalue weighted by atomic mass is 35.5. The van der Waals surface area contributed by atoms with Crippen molar-refractivity contribution in [1.29, 1.82) is 0 Å². The van der Waals surface area contributed by atoms with Crippen LogP contribution in [0.4, 0.5) is 0 Å². The first-order valence-electron chi connectivity index (χ1n) is 3.11. The largest absolute Gasteiger partial charge is 0.158 e. The van der Waals surface area contributed by atoms with Gasteiger partial charge in [0.05, 0.1) is 0 Å². The first-order valence-corrected chi connectivity index (χ1v) is 4.80. The molecule has 0 radical (unpaired) electrons. The third-order valence-electron chi connectivity index (χ3n) is 0.844. The van der Waals surface area contributed by atoms with Gasteiger partial charge in [0.15, 0.2) is 0 Å². The maximum Gasteiger partial charge on any atom is 0.0439 e. The van der Waals surface area contributed by atoms with Gasteiger partial charge >= 0.3 is 0 Å². The van der Waals surface area contributed by atoms with Crippen LogP contribution in [-0.4, -0.2) is 17.4 Å². The van der Waals surface area contributed by atoms with Gasteiger partial charge in [-0.2, -0.15) is 11.8 Å². The van der Waals surface area contributed by atoms with Gasteiger partial charge in [-0.3, -0.25) is 0 Å². The number of hydrogen-bond donors (Lipinski definition) is 0. The second kappa shape index (κ2) is 6.50. The van der Waals surface area contributed by atoms with Crippen molar-refractivity contribution >= 4 is 23.4 Å². The SMILES string of the molecule is C=C(CCl)CSCCC. The molecule has 0 aliphatic heterocycles. The summed E-state index contributed by atoms with van der Waals surface area (Å²) in [7, 11) is 0. The lowest BCUT2D eigenvalue weighted by molar-refractivity contribution is 1.11. The Bertz CT molecular complexity index is 81.0. The summed E-state index contributed by atoms with van der Waals surface area (Å²) < 4.78 is 0. The van der Waals surface area contributed by atoms with Gasteiger partial charge in [0.2, 0.25) is 0 Å². The van der Waals surface area contributed by atoms with Crippen molar-refractivity contribution in [2.45, 2.75) is 13.3 Å². The fourth-order valence-corrected chi connectivity index (χ4v) is 1.43. The van der Waals surface area contributed by atoms with E-state index in [0.717, 1.165) is 11.3 Å². The Kier molecular flexibility index (Phi) is 6.77. The predicted octanol–water partition coefficient (Wildman–Crippen LogP) is 2.92. The summed E-state index contributed by atoms with van der Waals surface area (Å²) in [6.45, 7) is 5.97. The van der Waals surface area contributed by atoms with E-state index in [4.69, 9.17) is 11.6 Å². The van der Waals surface area contributed by atoms with Crippen LogP contribution in [0.3, 0.4) is 0 Å². The molecular formula is C7H13ClS. The minimum absolute atomic E-state index is 0.608. The summed E-state index contributed by atoms with van der Waals surface area (Å²) in [4.78, 5) is 0. The van der Waals surface area contributed by atoms with Crippen LogP contribution in [0, 0.1) is 0 Å². The smallest absolute Gasteiger partial charge is 0.0439 e. The minimum atomic E-state index is 0.608. The molecular weight excluding hydrogens is 152 g/mol. The summed E-state index contributed by atoms with van der Waals surface area (Å²) in [6.07, 6.45) is 1.24. The summed E-state index contributed by atoms with van der Waals surface area (Å²) >= 11 is 7.42. The fourth-order valence-electron chi connectivity index (χ4n) is 0.399. The van der Waals surface area contributed by atoms with Crippen LogP contribution in [-0.2, 0) is 0 Å². The Hall–Kier alpha value is 0.380. The van der Waals surface area contributed by atoms with Crippen LogP contribution in [0.1, 0.15) is 13.3 Å². The predicted molar refractivity (Wildman–Crippen MR) is 47.5 cm³/mol. The number of thioether (sulfide) groups is 1. The molecule has 0 nitrogen and oxygen atoms in total. The van der Waals surface area contributed by atoms with Crippen LogP contribution >= 0.6 is 23.4 Å². The average Bonchev–Trinajstić information content (AvgIpc) is 1.89. The van der Waals surface area contributed by atoms with Gasteiger partial charge in [0.25, 0.3) is 0 Å². The Morgan fingerprint density at radius 2 is 2.33 bits per heavy atom. The fraction of sp³-hybridized carbons (Fsp3) is 0.714. The van der Waals surface area contributed by atoms with Gasteiger partial charge in [-0.1, -0.05) is 19.1 Å². The van der Waals surface area contributed by atoms with Crippen LogP contribution in [0.15, 0.2) is 12.2 Å². The molecule has 0 saturated carbocycles. The monoisotopic (exact) mass is 164 g/mol. The summed E-state index contributed by atoms with van der Waals surface area (Å²) in [5, 5.41) is 0. The van der Waals surface area contributed by atoms with Crippen molar-refractivity contribution < 1.29 is 0 Å². The first kappa shape index (κ1) is 9.38. The third-order valence-corrected chi connectivity index (χ3v) is 2.53. The maximum atomic E-state index is 5.52. The van der Waals surface area contributed by atoms with Crippen molar-refractivity contribution in [2.75, 3.05) is 17.4 Å². The van der Waals surface area contributed by atoms with E-state index in [2.05, 4.69) is 13.5 Å². The second-order valence-corrected chi connectivity index (χ2v) is 3.31. The lowest BCUT2D eigenvalue weighted by Crippen LogP contribution is -1.87. The van der Waals surface area contributed by atoms with Crippen LogP contribution in [0.2, 0.25) is 0 Å². The van der Waals surface area contributed by atoms with E-state index in [-0.39, 0.29) is 0 Å². The Morgan fingerprint density at radius 3 is 2.78 bits per heavy atom. The van der Waals surface area contributed by atoms with Gasteiger partial charge in [0, 0.05) is 11.6 Å². The number of halogens is 1. The molecule has 0 atom stereocenters. The first-order chi connectivity index (χ1) is 4.31. The second-order valence-electron chi connectivity index (χ2n) is 1.94. The Balaban J connectivity index is 2.97. The molecule has 0 aromatic heterocycles. The zero-order chi connectivity index (χ0) is 7.11. The van der Waals surface area contributed by atoms with E-state index in [1.807, 2.05) is 11.8 Å². The quantitative estimate of drug-likeness (QED) is 0.342. The van der Waals surface area contributed by atoms with E-state index < -0.39 is 0 Å². The molecule has 0 aromatic rings. The molecule has 0 saturated heterocycles. The molecule has 0 aliphatic carbocycles. The molecule has 54 valence electrons. The van der Waals surface area contributed by atoms with Gasteiger partial charge in [-0.15, -0.1) is 11.6 Å². The van der Waals surface area contributed by atoms with Gasteiger partial charge in [0.1, 0.15) is 0 Å². The van der Waals surface area contributed by atoms with Crippen LogP contribution in [0.5, 0.6) is 0 Å². The van der Waals surface area contributed by atoms with Crippen molar-refractivity contribution in [3.63, 3.8) is 0 Å². The molecule has 0 unspecified atom stereocenters. The highest BCUT2D eigenvalue weighted by Gasteiger charge is 1.90. The molecule has 9 heavy (non-hydrogen) atoms. The van der Waals surface area contributed by atoms with E-state index in [1.165, 1.54) is 12.2 Å². The number of hydrogen-bond acceptors (Lipinski definition) is 1. The Morgan fingerprint density at radius 1 is 1.67 bits per heavy atom. The van der Waals surface area contributed by atoms with Gasteiger partial charge in [-0.05, 0) is 12.2 Å². The number of rotatable bonds is 5. The van der Waals surface area contributed by atoms with E-state index in [1.54, 1.807) is 0 Å². The van der Waals surface area contributed by atoms with Crippen LogP contribution < -0.4 is 0 Å². The third kappa shape index (κ3) is 6.26. The number of alkyl halides is 1. The molecule has 0 bridgehead atoms. The zero-order valence-corrected chi connectivity index (χ0v) is 7.39. The molecule has 0 heterocycles. The lowest BCUT2D eigenvalue weighted by atomic mass is 10.4. The molecule has 0 N–H and O–H groups in total. The van der Waals surface area contributed by atoms with Crippen molar-refractivity contribution in [3.8, 4) is 0 Å². The molecule has 0 fully saturated rings. The standard InChI is InChI=1S/C7H13ClS/c1-3-4-9-6-7(2)5-8/h2-6H2,1H3. The molecule has 0 amide bonds. The maximum absolute atomic E-state index is 5.52. The van der Waals surface area contributed by atoms with E-state index in [9.17, 15) is 0 Å². The molecule has 0 spiro atoms. The minimum Gasteiger partial charge on any atom is -0.158 e. The zero-order valence-electron chi connectivity index (χ0n) is 5.82. The summed E-state index contributed by atoms with van der Waals surface area (Å²) in [5.41, 5.74) is 1.13. The van der Waals surface area contributed by atoms with Crippen molar-refractivity contribution in [3.05, 3.63) is 12.2 Å². The van der Waals surface area contributed by atoms with Gasteiger partial charge < -0.3 is 0 Å². The highest BCUT2D eigenvalue weighted by Crippen LogP contribution is 2.07. The Labute approximate surface area is 66.7 Å². The molecule has 0 rings (SSSR count). The highest BCUT2D eigenvalue weighted by molar-refractivity contribution is 7.99. The molecule has 0 aromatic carbocycles. The lowest BCUT2D eigenvalue weighted by Gasteiger charge is -1.98. The van der Waals surface area contributed by atoms with E-state index in [0.29, 0.717) is 5.88 Å². The average molecular weight is 165 g/mol. The molecule has 2 heteroatoms. The summed E-state index contributed by atoms with van der Waals surface area (Å²) in [6, 6.07) is 0. The molecule has 0 aliphatic rings. The summed E-state index contributed by atoms with van der Waals surface area (Å²) in [5.74, 6) is 2.85. The van der Waals surface area contributed by atoms with Crippen LogP contribution in [0.25, 0.3) is 0 Å². The normalized spacial score (nSPS) is 9.56. The van der Waals surface area contributed by atoms with E-state index >= 15 is 0 Å². The van der Waals surface area contributed by atoms with Crippen molar-refractivity contribution in [2.24, 2.45) is 0 Å². The topological polar surface area (TPSA) is 0 Å². The van der Waals surface area contributed by atoms with Gasteiger partial charge in [-0.25, -0.2) is 0 Å².